The van der Waals surface area contributed by atoms with E-state index in [1.807, 2.05) is 72.0 Å². The highest BCUT2D eigenvalue weighted by Crippen LogP contribution is 2.31. The van der Waals surface area contributed by atoms with Crippen LogP contribution >= 0.6 is 11.8 Å². The molecule has 0 fully saturated rings. The number of carbonyl (C=O) groups is 1. The highest BCUT2D eigenvalue weighted by Gasteiger charge is 2.24. The Balaban J connectivity index is 1.43. The first-order chi connectivity index (χ1) is 14.6. The molecule has 7 heteroatoms. The Morgan fingerprint density at radius 1 is 1.03 bits per heavy atom. The van der Waals surface area contributed by atoms with E-state index in [-0.39, 0.29) is 5.91 Å². The van der Waals surface area contributed by atoms with E-state index in [4.69, 9.17) is 0 Å². The topological polar surface area (TPSA) is 63.9 Å². The van der Waals surface area contributed by atoms with Crippen LogP contribution in [0, 0.1) is 13.8 Å². The van der Waals surface area contributed by atoms with Crippen molar-refractivity contribution in [3.63, 3.8) is 0 Å². The number of nitrogens with zero attached hydrogens (tertiary/aromatic N) is 5. The monoisotopic (exact) mass is 415 g/mol. The van der Waals surface area contributed by atoms with E-state index in [1.54, 1.807) is 0 Å². The fraction of sp³-hybridized carbons (Fsp3) is 0.217. The summed E-state index contributed by atoms with van der Waals surface area (Å²) in [6.45, 7) is 4.71. The maximum Gasteiger partial charge on any atom is 0.237 e. The van der Waals surface area contributed by atoms with Crippen LogP contribution in [0.2, 0.25) is 0 Å². The lowest BCUT2D eigenvalue weighted by Gasteiger charge is -2.17. The zero-order valence-corrected chi connectivity index (χ0v) is 17.7. The highest BCUT2D eigenvalue weighted by atomic mass is 32.2. The molecule has 0 aliphatic carbocycles. The smallest absolute Gasteiger partial charge is 0.237 e. The van der Waals surface area contributed by atoms with Crippen LogP contribution in [0.4, 0.5) is 5.69 Å². The number of aromatic nitrogens is 4. The lowest BCUT2D eigenvalue weighted by atomic mass is 10.2. The molecule has 0 saturated heterocycles. The van der Waals surface area contributed by atoms with Gasteiger partial charge in [0.05, 0.1) is 11.4 Å². The maximum atomic E-state index is 12.9. The van der Waals surface area contributed by atoms with Crippen molar-refractivity contribution in [1.29, 1.82) is 0 Å². The molecule has 1 aliphatic rings. The second-order valence-corrected chi connectivity index (χ2v) is 8.39. The number of hydrogen-bond acceptors (Lipinski definition) is 5. The van der Waals surface area contributed by atoms with Gasteiger partial charge in [0.15, 0.2) is 5.82 Å². The molecule has 0 radical (unpaired) electrons. The summed E-state index contributed by atoms with van der Waals surface area (Å²) >= 11 is 1.44. The summed E-state index contributed by atoms with van der Waals surface area (Å²) in [5.74, 6) is 1.13. The fourth-order valence-electron chi connectivity index (χ4n) is 3.98. The Labute approximate surface area is 178 Å². The first kappa shape index (κ1) is 18.8. The zero-order valence-electron chi connectivity index (χ0n) is 16.9. The van der Waals surface area contributed by atoms with Crippen molar-refractivity contribution in [3.8, 4) is 5.82 Å². The predicted molar refractivity (Wildman–Crippen MR) is 119 cm³/mol. The van der Waals surface area contributed by atoms with Gasteiger partial charge >= 0.3 is 0 Å². The standard InChI is InChI=1S/C23H21N5OS/c1-15-13-16(2)28(26-15)22-18-8-4-5-9-19(18)23(25-24-22)30-14-21(29)27-12-11-17-7-3-6-10-20(17)27/h3-10,13H,11-12,14H2,1-2H3. The van der Waals surface area contributed by atoms with Gasteiger partial charge in [0.2, 0.25) is 5.91 Å². The molecule has 0 bridgehead atoms. The number of amides is 1. The molecule has 3 heterocycles. The second-order valence-electron chi connectivity index (χ2n) is 7.43. The van der Waals surface area contributed by atoms with Crippen molar-refractivity contribution in [1.82, 2.24) is 20.0 Å². The summed E-state index contributed by atoms with van der Waals surface area (Å²) in [5.41, 5.74) is 4.21. The van der Waals surface area contributed by atoms with Crippen LogP contribution in [0.3, 0.4) is 0 Å². The Morgan fingerprint density at radius 2 is 1.80 bits per heavy atom. The minimum atomic E-state index is 0.0958. The van der Waals surface area contributed by atoms with Gasteiger partial charge in [-0.15, -0.1) is 10.2 Å². The van der Waals surface area contributed by atoms with Gasteiger partial charge in [-0.1, -0.05) is 54.2 Å². The summed E-state index contributed by atoms with van der Waals surface area (Å²) in [7, 11) is 0. The van der Waals surface area contributed by atoms with Crippen molar-refractivity contribution in [3.05, 3.63) is 71.5 Å². The fourth-order valence-corrected chi connectivity index (χ4v) is 4.82. The average Bonchev–Trinajstić information content (AvgIpc) is 3.34. The molecule has 1 amide bonds. The Kier molecular flexibility index (Phi) is 4.75. The summed E-state index contributed by atoms with van der Waals surface area (Å²) in [4.78, 5) is 14.8. The van der Waals surface area contributed by atoms with Gasteiger partial charge in [0, 0.05) is 28.7 Å². The minimum absolute atomic E-state index is 0.0958. The Hall–Kier alpha value is -3.19. The van der Waals surface area contributed by atoms with Gasteiger partial charge in [0.25, 0.3) is 0 Å². The lowest BCUT2D eigenvalue weighted by molar-refractivity contribution is -0.116. The van der Waals surface area contributed by atoms with Gasteiger partial charge < -0.3 is 4.90 Å². The van der Waals surface area contributed by atoms with Crippen LogP contribution in [0.15, 0.2) is 59.6 Å². The summed E-state index contributed by atoms with van der Waals surface area (Å²) in [6.07, 6.45) is 0.909. The van der Waals surface area contributed by atoms with Crippen LogP contribution in [0.5, 0.6) is 0 Å². The molecular weight excluding hydrogens is 394 g/mol. The van der Waals surface area contributed by atoms with E-state index in [0.29, 0.717) is 11.6 Å². The largest absolute Gasteiger partial charge is 0.311 e. The number of anilines is 1. The first-order valence-corrected chi connectivity index (χ1v) is 10.9. The molecule has 0 unspecified atom stereocenters. The average molecular weight is 416 g/mol. The molecule has 1 aliphatic heterocycles. The number of thioether (sulfide) groups is 1. The molecule has 5 rings (SSSR count). The zero-order chi connectivity index (χ0) is 20.7. The first-order valence-electron chi connectivity index (χ1n) is 9.92. The molecule has 0 saturated carbocycles. The molecule has 0 N–H and O–H groups in total. The number of para-hydroxylation sites is 1. The van der Waals surface area contributed by atoms with E-state index >= 15 is 0 Å². The normalized spacial score (nSPS) is 13.1. The van der Waals surface area contributed by atoms with E-state index in [9.17, 15) is 4.79 Å². The van der Waals surface area contributed by atoms with Crippen LogP contribution < -0.4 is 4.90 Å². The van der Waals surface area contributed by atoms with Gasteiger partial charge in [-0.25, -0.2) is 4.68 Å². The Bertz CT molecular complexity index is 1270. The third-order valence-corrected chi connectivity index (χ3v) is 6.33. The SMILES string of the molecule is Cc1cc(C)n(-c2nnc(SCC(=O)N3CCc4ccccc43)c3ccccc23)n1. The third kappa shape index (κ3) is 3.25. The van der Waals surface area contributed by atoms with Crippen LogP contribution in [0.25, 0.3) is 16.6 Å². The molecular formula is C23H21N5OS. The number of rotatable bonds is 4. The van der Waals surface area contributed by atoms with Gasteiger partial charge in [-0.3, -0.25) is 4.79 Å². The molecule has 0 spiro atoms. The van der Waals surface area contributed by atoms with Gasteiger partial charge in [-0.2, -0.15) is 5.10 Å². The van der Waals surface area contributed by atoms with Crippen molar-refractivity contribution in [2.24, 2.45) is 0 Å². The quantitative estimate of drug-likeness (QED) is 0.469. The lowest BCUT2D eigenvalue weighted by Crippen LogP contribution is -2.30. The summed E-state index contributed by atoms with van der Waals surface area (Å²) in [5, 5.41) is 16.2. The van der Waals surface area contributed by atoms with Gasteiger partial charge in [-0.05, 0) is 38.0 Å². The molecule has 4 aromatic rings. The maximum absolute atomic E-state index is 12.9. The molecule has 6 nitrogen and oxygen atoms in total. The van der Waals surface area contributed by atoms with Crippen molar-refractivity contribution >= 4 is 34.1 Å². The number of carbonyl (C=O) groups excluding carboxylic acids is 1. The molecule has 2 aromatic carbocycles. The molecule has 30 heavy (non-hydrogen) atoms. The van der Waals surface area contributed by atoms with Gasteiger partial charge in [0.1, 0.15) is 5.03 Å². The number of fused-ring (bicyclic) bond motifs is 2. The molecule has 150 valence electrons. The second kappa shape index (κ2) is 7.57. The molecule has 2 aromatic heterocycles. The highest BCUT2D eigenvalue weighted by molar-refractivity contribution is 8.00. The minimum Gasteiger partial charge on any atom is -0.311 e. The van der Waals surface area contributed by atoms with E-state index in [2.05, 4.69) is 21.4 Å². The number of hydrogen-bond donors (Lipinski definition) is 0. The predicted octanol–water partition coefficient (Wildman–Crippen LogP) is 4.11. The van der Waals surface area contributed by atoms with E-state index < -0.39 is 0 Å². The van der Waals surface area contributed by atoms with Crippen LogP contribution in [0.1, 0.15) is 17.0 Å². The third-order valence-electron chi connectivity index (χ3n) is 5.36. The Morgan fingerprint density at radius 3 is 2.60 bits per heavy atom. The van der Waals surface area contributed by atoms with E-state index in [1.165, 1.54) is 17.3 Å². The summed E-state index contributed by atoms with van der Waals surface area (Å²) < 4.78 is 1.82. The summed E-state index contributed by atoms with van der Waals surface area (Å²) in [6, 6.07) is 18.1. The van der Waals surface area contributed by atoms with Crippen molar-refractivity contribution in [2.75, 3.05) is 17.2 Å². The van der Waals surface area contributed by atoms with Crippen LogP contribution in [-0.4, -0.2) is 38.2 Å². The molecule has 0 atom stereocenters. The van der Waals surface area contributed by atoms with Crippen LogP contribution in [-0.2, 0) is 11.2 Å². The number of aryl methyl sites for hydroxylation is 2. The number of benzene rings is 2. The van der Waals surface area contributed by atoms with Crippen molar-refractivity contribution < 1.29 is 4.79 Å². The van der Waals surface area contributed by atoms with Crippen molar-refractivity contribution in [2.45, 2.75) is 25.3 Å². The van der Waals surface area contributed by atoms with E-state index in [0.717, 1.165) is 45.8 Å².